The van der Waals surface area contributed by atoms with Crippen LogP contribution < -0.4 is 5.32 Å². The van der Waals surface area contributed by atoms with E-state index in [1.54, 1.807) is 0 Å². The molecule has 4 nitrogen and oxygen atoms in total. The van der Waals surface area contributed by atoms with Gasteiger partial charge in [-0.15, -0.1) is 0 Å². The number of methoxy groups -OCH3 is 1. The van der Waals surface area contributed by atoms with Gasteiger partial charge in [-0.1, -0.05) is 30.3 Å². The molecule has 0 aliphatic heterocycles. The lowest BCUT2D eigenvalue weighted by molar-refractivity contribution is -0.122. The molecule has 0 spiro atoms. The van der Waals surface area contributed by atoms with Crippen LogP contribution in [0, 0.1) is 0 Å². The van der Waals surface area contributed by atoms with Crippen LogP contribution in [0.15, 0.2) is 30.3 Å². The molecule has 0 saturated heterocycles. The van der Waals surface area contributed by atoms with Crippen molar-refractivity contribution >= 4 is 18.5 Å². The third-order valence-electron chi connectivity index (χ3n) is 2.51. The number of rotatable bonds is 7. The summed E-state index contributed by atoms with van der Waals surface area (Å²) in [5, 5.41) is 11.3. The molecule has 0 aromatic heterocycles. The van der Waals surface area contributed by atoms with Crippen LogP contribution in [0.25, 0.3) is 0 Å². The van der Waals surface area contributed by atoms with Crippen molar-refractivity contribution in [3.05, 3.63) is 35.9 Å². The average molecular weight is 269 g/mol. The fraction of sp³-hybridized carbons (Fsp3) is 0.462. The second-order valence-electron chi connectivity index (χ2n) is 4.05. The van der Waals surface area contributed by atoms with Crippen LogP contribution in [0.4, 0.5) is 0 Å². The molecule has 0 aliphatic rings. The van der Waals surface area contributed by atoms with Crippen molar-refractivity contribution in [1.82, 2.24) is 5.32 Å². The van der Waals surface area contributed by atoms with E-state index in [1.165, 1.54) is 7.11 Å². The SMILES string of the molecule is COCC(CO)NC(=O)C(S)Cc1ccccc1. The van der Waals surface area contributed by atoms with Gasteiger partial charge in [-0.25, -0.2) is 0 Å². The van der Waals surface area contributed by atoms with E-state index in [0.717, 1.165) is 5.56 Å². The largest absolute Gasteiger partial charge is 0.394 e. The van der Waals surface area contributed by atoms with Gasteiger partial charge in [0.15, 0.2) is 0 Å². The van der Waals surface area contributed by atoms with Crippen LogP contribution in [0.5, 0.6) is 0 Å². The Kier molecular flexibility index (Phi) is 6.78. The summed E-state index contributed by atoms with van der Waals surface area (Å²) in [6.07, 6.45) is 0.556. The number of ether oxygens (including phenoxy) is 1. The van der Waals surface area contributed by atoms with E-state index in [1.807, 2.05) is 30.3 Å². The van der Waals surface area contributed by atoms with Gasteiger partial charge < -0.3 is 15.2 Å². The summed E-state index contributed by atoms with van der Waals surface area (Å²) >= 11 is 4.28. The summed E-state index contributed by atoms with van der Waals surface area (Å²) < 4.78 is 4.89. The zero-order valence-corrected chi connectivity index (χ0v) is 11.3. The minimum Gasteiger partial charge on any atom is -0.394 e. The van der Waals surface area contributed by atoms with Crippen molar-refractivity contribution < 1.29 is 14.6 Å². The predicted octanol–water partition coefficient (Wildman–Crippen LogP) is 0.651. The number of hydrogen-bond donors (Lipinski definition) is 3. The van der Waals surface area contributed by atoms with Crippen molar-refractivity contribution in [2.75, 3.05) is 20.3 Å². The molecule has 1 aromatic rings. The first-order valence-electron chi connectivity index (χ1n) is 5.79. The maximum Gasteiger partial charge on any atom is 0.233 e. The van der Waals surface area contributed by atoms with Crippen molar-refractivity contribution in [2.45, 2.75) is 17.7 Å². The van der Waals surface area contributed by atoms with Gasteiger partial charge in [0.05, 0.1) is 24.5 Å². The monoisotopic (exact) mass is 269 g/mol. The lowest BCUT2D eigenvalue weighted by Gasteiger charge is -2.18. The van der Waals surface area contributed by atoms with Crippen LogP contribution in [-0.2, 0) is 16.0 Å². The molecule has 2 atom stereocenters. The molecule has 0 heterocycles. The molecule has 100 valence electrons. The van der Waals surface area contributed by atoms with Crippen LogP contribution in [0.1, 0.15) is 5.56 Å². The number of amides is 1. The fourth-order valence-electron chi connectivity index (χ4n) is 1.57. The molecule has 0 saturated carbocycles. The van der Waals surface area contributed by atoms with Gasteiger partial charge in [-0.2, -0.15) is 12.6 Å². The minimum atomic E-state index is -0.432. The molecule has 5 heteroatoms. The predicted molar refractivity (Wildman–Crippen MR) is 73.8 cm³/mol. The second kappa shape index (κ2) is 8.13. The standard InChI is InChI=1S/C13H19NO3S/c1-17-9-11(8-15)14-13(16)12(18)7-10-5-3-2-4-6-10/h2-6,11-12,15,18H,7-9H2,1H3,(H,14,16). The number of carbonyl (C=O) groups is 1. The maximum atomic E-state index is 11.8. The fourth-order valence-corrected chi connectivity index (χ4v) is 1.85. The molecule has 1 aromatic carbocycles. The van der Waals surface area contributed by atoms with E-state index in [9.17, 15) is 4.79 Å². The Bertz CT molecular complexity index is 359. The first-order valence-corrected chi connectivity index (χ1v) is 6.31. The summed E-state index contributed by atoms with van der Waals surface area (Å²) in [5.74, 6) is -0.196. The number of nitrogens with one attached hydrogen (secondary N) is 1. The lowest BCUT2D eigenvalue weighted by Crippen LogP contribution is -2.44. The van der Waals surface area contributed by atoms with Gasteiger partial charge >= 0.3 is 0 Å². The summed E-state index contributed by atoms with van der Waals surface area (Å²) in [4.78, 5) is 11.8. The molecule has 1 rings (SSSR count). The van der Waals surface area contributed by atoms with E-state index in [2.05, 4.69) is 17.9 Å². The summed E-state index contributed by atoms with van der Waals surface area (Å²) in [6.45, 7) is 0.138. The smallest absolute Gasteiger partial charge is 0.233 e. The highest BCUT2D eigenvalue weighted by molar-refractivity contribution is 7.81. The Balaban J connectivity index is 2.46. The van der Waals surface area contributed by atoms with Gasteiger partial charge in [0.25, 0.3) is 0 Å². The van der Waals surface area contributed by atoms with E-state index >= 15 is 0 Å². The Labute approximate surface area is 113 Å². The normalized spacial score (nSPS) is 13.9. The third-order valence-corrected chi connectivity index (χ3v) is 2.93. The average Bonchev–Trinajstić information content (AvgIpc) is 2.39. The highest BCUT2D eigenvalue weighted by Crippen LogP contribution is 2.08. The van der Waals surface area contributed by atoms with Crippen molar-refractivity contribution in [2.24, 2.45) is 0 Å². The molecule has 1 amide bonds. The molecule has 0 aliphatic carbocycles. The molecule has 18 heavy (non-hydrogen) atoms. The summed E-state index contributed by atoms with van der Waals surface area (Å²) in [6, 6.07) is 9.31. The molecule has 0 radical (unpaired) electrons. The Morgan fingerprint density at radius 3 is 2.67 bits per heavy atom. The van der Waals surface area contributed by atoms with Crippen LogP contribution in [0.3, 0.4) is 0 Å². The van der Waals surface area contributed by atoms with Gasteiger partial charge in [-0.3, -0.25) is 4.79 Å². The van der Waals surface area contributed by atoms with E-state index < -0.39 is 5.25 Å². The molecule has 2 N–H and O–H groups in total. The highest BCUT2D eigenvalue weighted by atomic mass is 32.1. The first-order chi connectivity index (χ1) is 8.67. The van der Waals surface area contributed by atoms with Gasteiger partial charge in [0, 0.05) is 7.11 Å². The molecule has 0 fully saturated rings. The Morgan fingerprint density at radius 1 is 1.44 bits per heavy atom. The van der Waals surface area contributed by atoms with Gasteiger partial charge in [0.1, 0.15) is 0 Å². The topological polar surface area (TPSA) is 58.6 Å². The quantitative estimate of drug-likeness (QED) is 0.637. The number of thiol groups is 1. The lowest BCUT2D eigenvalue weighted by atomic mass is 10.1. The molecule has 0 bridgehead atoms. The van der Waals surface area contributed by atoms with E-state index in [4.69, 9.17) is 9.84 Å². The third kappa shape index (κ3) is 5.08. The number of hydrogen-bond acceptors (Lipinski definition) is 4. The van der Waals surface area contributed by atoms with Crippen molar-refractivity contribution in [3.8, 4) is 0 Å². The zero-order chi connectivity index (χ0) is 13.4. The van der Waals surface area contributed by atoms with E-state index in [0.29, 0.717) is 6.42 Å². The Hall–Kier alpha value is -1.04. The summed E-state index contributed by atoms with van der Waals surface area (Å²) in [7, 11) is 1.52. The second-order valence-corrected chi connectivity index (χ2v) is 4.67. The Morgan fingerprint density at radius 2 is 2.11 bits per heavy atom. The van der Waals surface area contributed by atoms with Crippen LogP contribution in [-0.4, -0.2) is 42.6 Å². The van der Waals surface area contributed by atoms with Crippen molar-refractivity contribution in [1.29, 1.82) is 0 Å². The number of aliphatic hydroxyl groups excluding tert-OH is 1. The van der Waals surface area contributed by atoms with Crippen molar-refractivity contribution in [3.63, 3.8) is 0 Å². The summed E-state index contributed by atoms with van der Waals surface area (Å²) in [5.41, 5.74) is 1.06. The van der Waals surface area contributed by atoms with Gasteiger partial charge in [-0.05, 0) is 12.0 Å². The number of carbonyl (C=O) groups excluding carboxylic acids is 1. The molecule has 2 unspecified atom stereocenters. The first kappa shape index (κ1) is 15.0. The minimum absolute atomic E-state index is 0.147. The van der Waals surface area contributed by atoms with Gasteiger partial charge in [0.2, 0.25) is 5.91 Å². The molecular weight excluding hydrogens is 250 g/mol. The van der Waals surface area contributed by atoms with Crippen LogP contribution >= 0.6 is 12.6 Å². The number of benzene rings is 1. The van der Waals surface area contributed by atoms with Crippen LogP contribution in [0.2, 0.25) is 0 Å². The number of aliphatic hydroxyl groups is 1. The highest BCUT2D eigenvalue weighted by Gasteiger charge is 2.18. The molecular formula is C13H19NO3S. The zero-order valence-electron chi connectivity index (χ0n) is 10.4. The van der Waals surface area contributed by atoms with E-state index in [-0.39, 0.29) is 25.2 Å². The maximum absolute atomic E-state index is 11.8.